The molecule has 0 spiro atoms. The maximum atomic E-state index is 13.8. The molecule has 0 saturated heterocycles. The first-order valence-electron chi connectivity index (χ1n) is 9.38. The van der Waals surface area contributed by atoms with Crippen molar-refractivity contribution in [3.63, 3.8) is 0 Å². The van der Waals surface area contributed by atoms with Gasteiger partial charge in [-0.3, -0.25) is 4.79 Å². The third kappa shape index (κ3) is 3.68. The van der Waals surface area contributed by atoms with Crippen molar-refractivity contribution in [2.24, 2.45) is 7.05 Å². The zero-order valence-electron chi connectivity index (χ0n) is 16.5. The van der Waals surface area contributed by atoms with Crippen LogP contribution < -0.4 is 20.9 Å². The Morgan fingerprint density at radius 2 is 2.00 bits per heavy atom. The van der Waals surface area contributed by atoms with Crippen molar-refractivity contribution in [2.75, 3.05) is 5.32 Å². The Hall–Kier alpha value is -3.35. The molecule has 1 atom stereocenters. The molecule has 0 radical (unpaired) electrons. The molecule has 0 aliphatic carbocycles. The number of nitrogens with one attached hydrogen (secondary N) is 2. The summed E-state index contributed by atoms with van der Waals surface area (Å²) in [5.74, 6) is 0.183. The largest absolute Gasteiger partial charge is 0.487 e. The lowest BCUT2D eigenvalue weighted by molar-refractivity contribution is 0.0680. The lowest BCUT2D eigenvalue weighted by Gasteiger charge is -2.37. The van der Waals surface area contributed by atoms with Gasteiger partial charge < -0.3 is 19.9 Å². The van der Waals surface area contributed by atoms with Crippen molar-refractivity contribution >= 4 is 22.6 Å². The number of fused-ring (bicyclic) bond motifs is 2. The summed E-state index contributed by atoms with van der Waals surface area (Å²) >= 11 is 0. The third-order valence-corrected chi connectivity index (χ3v) is 5.15. The van der Waals surface area contributed by atoms with E-state index >= 15 is 0 Å². The Bertz CT molecular complexity index is 1170. The van der Waals surface area contributed by atoms with Gasteiger partial charge in [0.05, 0.1) is 17.2 Å². The van der Waals surface area contributed by atoms with Crippen LogP contribution in [0.25, 0.3) is 10.9 Å². The molecule has 1 aliphatic heterocycles. The number of hydrogen-bond donors (Lipinski definition) is 2. The van der Waals surface area contributed by atoms with Crippen LogP contribution in [0.4, 0.5) is 14.9 Å². The molecular formula is C22H22FN3O3. The van der Waals surface area contributed by atoms with E-state index in [2.05, 4.69) is 10.6 Å². The number of benzene rings is 2. The van der Waals surface area contributed by atoms with Crippen molar-refractivity contribution in [1.29, 1.82) is 0 Å². The Morgan fingerprint density at radius 3 is 2.79 bits per heavy atom. The fourth-order valence-electron chi connectivity index (χ4n) is 3.79. The number of carbonyl (C=O) groups excluding carboxylic acids is 1. The lowest BCUT2D eigenvalue weighted by atomic mass is 9.89. The number of aromatic nitrogens is 1. The van der Waals surface area contributed by atoms with E-state index < -0.39 is 17.7 Å². The van der Waals surface area contributed by atoms with Crippen LogP contribution in [0.15, 0.2) is 53.3 Å². The second-order valence-electron chi connectivity index (χ2n) is 7.87. The molecule has 0 unspecified atom stereocenters. The zero-order chi connectivity index (χ0) is 20.8. The van der Waals surface area contributed by atoms with E-state index in [0.29, 0.717) is 23.4 Å². The predicted octanol–water partition coefficient (Wildman–Crippen LogP) is 4.10. The van der Waals surface area contributed by atoms with Gasteiger partial charge in [-0.15, -0.1) is 0 Å². The highest BCUT2D eigenvalue weighted by Gasteiger charge is 2.34. The van der Waals surface area contributed by atoms with E-state index in [4.69, 9.17) is 4.74 Å². The minimum Gasteiger partial charge on any atom is -0.487 e. The minimum absolute atomic E-state index is 0.123. The fourth-order valence-corrected chi connectivity index (χ4v) is 3.79. The summed E-state index contributed by atoms with van der Waals surface area (Å²) in [4.78, 5) is 24.6. The fraction of sp³-hybridized carbons (Fsp3) is 0.273. The second kappa shape index (κ2) is 6.92. The SMILES string of the molecule is Cn1c(=O)ccc2c(NC(=O)N[C@H]3CC(C)(C)Oc4ccc(F)cc43)cccc21. The highest BCUT2D eigenvalue weighted by atomic mass is 19.1. The number of urea groups is 1. The molecule has 4 rings (SSSR count). The van der Waals surface area contributed by atoms with Crippen molar-refractivity contribution in [3.8, 4) is 5.75 Å². The number of aryl methyl sites for hydroxylation is 1. The summed E-state index contributed by atoms with van der Waals surface area (Å²) < 4.78 is 21.2. The molecule has 2 N–H and O–H groups in total. The number of ether oxygens (including phenoxy) is 1. The molecular weight excluding hydrogens is 373 g/mol. The number of rotatable bonds is 2. The van der Waals surface area contributed by atoms with Gasteiger partial charge in [-0.05, 0) is 50.2 Å². The summed E-state index contributed by atoms with van der Waals surface area (Å²) in [5.41, 5.74) is 1.29. The number of amides is 2. The molecule has 6 nitrogen and oxygen atoms in total. The van der Waals surface area contributed by atoms with Gasteiger partial charge in [0.25, 0.3) is 5.56 Å². The van der Waals surface area contributed by atoms with E-state index in [1.807, 2.05) is 19.9 Å². The molecule has 2 amide bonds. The van der Waals surface area contributed by atoms with Crippen LogP contribution in [0.5, 0.6) is 5.75 Å². The first-order chi connectivity index (χ1) is 13.7. The number of nitrogens with zero attached hydrogens (tertiary/aromatic N) is 1. The first-order valence-corrected chi connectivity index (χ1v) is 9.38. The van der Waals surface area contributed by atoms with Gasteiger partial charge in [-0.2, -0.15) is 0 Å². The average Bonchev–Trinajstić information content (AvgIpc) is 2.65. The van der Waals surface area contributed by atoms with Gasteiger partial charge in [0.1, 0.15) is 17.2 Å². The molecule has 29 heavy (non-hydrogen) atoms. The minimum atomic E-state index is -0.500. The van der Waals surface area contributed by atoms with Crippen LogP contribution in [-0.2, 0) is 7.05 Å². The number of halogens is 1. The Balaban J connectivity index is 1.61. The highest BCUT2D eigenvalue weighted by molar-refractivity contribution is 6.00. The Labute approximate surface area is 167 Å². The zero-order valence-corrected chi connectivity index (χ0v) is 16.5. The molecule has 150 valence electrons. The van der Waals surface area contributed by atoms with Gasteiger partial charge in [-0.25, -0.2) is 9.18 Å². The second-order valence-corrected chi connectivity index (χ2v) is 7.87. The quantitative estimate of drug-likeness (QED) is 0.686. The van der Waals surface area contributed by atoms with E-state index in [-0.39, 0.29) is 11.4 Å². The van der Waals surface area contributed by atoms with Crippen LogP contribution >= 0.6 is 0 Å². The monoisotopic (exact) mass is 395 g/mol. The molecule has 7 heteroatoms. The van der Waals surface area contributed by atoms with Crippen LogP contribution in [0, 0.1) is 5.82 Å². The summed E-state index contributed by atoms with van der Waals surface area (Å²) in [7, 11) is 1.68. The van der Waals surface area contributed by atoms with Gasteiger partial charge in [0, 0.05) is 30.5 Å². The average molecular weight is 395 g/mol. The maximum Gasteiger partial charge on any atom is 0.319 e. The van der Waals surface area contributed by atoms with E-state index in [0.717, 1.165) is 10.9 Å². The maximum absolute atomic E-state index is 13.8. The van der Waals surface area contributed by atoms with E-state index in [1.54, 1.807) is 31.3 Å². The normalized spacial score (nSPS) is 17.3. The van der Waals surface area contributed by atoms with Crippen molar-refractivity contribution < 1.29 is 13.9 Å². The van der Waals surface area contributed by atoms with Crippen LogP contribution in [0.1, 0.15) is 31.9 Å². The van der Waals surface area contributed by atoms with E-state index in [1.165, 1.54) is 22.8 Å². The molecule has 0 saturated carbocycles. The predicted molar refractivity (Wildman–Crippen MR) is 110 cm³/mol. The summed E-state index contributed by atoms with van der Waals surface area (Å²) in [5, 5.41) is 6.54. The molecule has 0 bridgehead atoms. The molecule has 1 aromatic heterocycles. The smallest absolute Gasteiger partial charge is 0.319 e. The van der Waals surface area contributed by atoms with Crippen molar-refractivity contribution in [3.05, 3.63) is 70.3 Å². The van der Waals surface area contributed by atoms with Crippen LogP contribution in [0.2, 0.25) is 0 Å². The van der Waals surface area contributed by atoms with Gasteiger partial charge in [0.2, 0.25) is 0 Å². The number of hydrogen-bond acceptors (Lipinski definition) is 3. The molecule has 0 fully saturated rings. The topological polar surface area (TPSA) is 72.4 Å². The third-order valence-electron chi connectivity index (χ3n) is 5.15. The number of anilines is 1. The summed E-state index contributed by atoms with van der Waals surface area (Å²) in [6, 6.07) is 12.0. The van der Waals surface area contributed by atoms with Gasteiger partial charge in [0.15, 0.2) is 0 Å². The van der Waals surface area contributed by atoms with Crippen molar-refractivity contribution in [2.45, 2.75) is 31.9 Å². The van der Waals surface area contributed by atoms with Gasteiger partial charge in [-0.1, -0.05) is 6.07 Å². The summed E-state index contributed by atoms with van der Waals surface area (Å²) in [6.45, 7) is 3.86. The van der Waals surface area contributed by atoms with Crippen LogP contribution in [0.3, 0.4) is 0 Å². The van der Waals surface area contributed by atoms with E-state index in [9.17, 15) is 14.0 Å². The first kappa shape index (κ1) is 19.0. The molecule has 2 aromatic carbocycles. The van der Waals surface area contributed by atoms with Crippen LogP contribution in [-0.4, -0.2) is 16.2 Å². The standard InChI is InChI=1S/C22H22FN3O3/c1-22(2)12-17(15-11-13(23)7-9-19(15)29-22)25-21(28)24-16-5-4-6-18-14(16)8-10-20(27)26(18)3/h4-11,17H,12H2,1-3H3,(H2,24,25,28)/t17-/m0/s1. The van der Waals surface area contributed by atoms with Gasteiger partial charge >= 0.3 is 6.03 Å². The summed E-state index contributed by atoms with van der Waals surface area (Å²) in [6.07, 6.45) is 0.501. The number of pyridine rings is 1. The lowest BCUT2D eigenvalue weighted by Crippen LogP contribution is -2.42. The molecule has 1 aliphatic rings. The molecule has 2 heterocycles. The Morgan fingerprint density at radius 1 is 1.21 bits per heavy atom. The highest BCUT2D eigenvalue weighted by Crippen LogP contribution is 2.39. The van der Waals surface area contributed by atoms with Crippen molar-refractivity contribution in [1.82, 2.24) is 9.88 Å². The Kier molecular flexibility index (Phi) is 4.53. The number of carbonyl (C=O) groups is 1. The molecule has 3 aromatic rings.